The summed E-state index contributed by atoms with van der Waals surface area (Å²) in [5.41, 5.74) is 0.305. The molecule has 2 N–H and O–H groups in total. The van der Waals surface area contributed by atoms with Crippen molar-refractivity contribution in [2.75, 3.05) is 40.9 Å². The number of ether oxygens (including phenoxy) is 1. The maximum absolute atomic E-state index is 11.9. The van der Waals surface area contributed by atoms with E-state index >= 15 is 0 Å². The van der Waals surface area contributed by atoms with Crippen molar-refractivity contribution in [2.24, 2.45) is 10.4 Å². The highest BCUT2D eigenvalue weighted by molar-refractivity contribution is 5.85. The van der Waals surface area contributed by atoms with Gasteiger partial charge in [0, 0.05) is 40.4 Å². The van der Waals surface area contributed by atoms with Crippen LogP contribution in [0.3, 0.4) is 0 Å². The number of nitrogens with one attached hydrogen (secondary N) is 2. The number of rotatable bonds is 8. The second-order valence-electron chi connectivity index (χ2n) is 7.88. The lowest BCUT2D eigenvalue weighted by molar-refractivity contribution is -0.127. The maximum atomic E-state index is 11.9. The first-order valence-electron chi connectivity index (χ1n) is 9.79. The van der Waals surface area contributed by atoms with Gasteiger partial charge >= 0.3 is 0 Å². The van der Waals surface area contributed by atoms with E-state index in [1.165, 1.54) is 51.4 Å². The Morgan fingerprint density at radius 2 is 1.88 bits per heavy atom. The van der Waals surface area contributed by atoms with E-state index in [2.05, 4.69) is 15.6 Å². The van der Waals surface area contributed by atoms with Gasteiger partial charge in [0.25, 0.3) is 0 Å². The lowest BCUT2D eigenvalue weighted by atomic mass is 9.83. The molecule has 0 bridgehead atoms. The monoisotopic (exact) mass is 352 g/mol. The fourth-order valence-corrected chi connectivity index (χ4v) is 3.93. The van der Waals surface area contributed by atoms with Gasteiger partial charge in [-0.1, -0.05) is 25.7 Å². The average Bonchev–Trinajstić information content (AvgIpc) is 3.27. The van der Waals surface area contributed by atoms with E-state index in [4.69, 9.17) is 4.74 Å². The molecule has 2 saturated carbocycles. The number of hydrogen-bond acceptors (Lipinski definition) is 3. The van der Waals surface area contributed by atoms with E-state index in [1.807, 2.05) is 0 Å². The quantitative estimate of drug-likeness (QED) is 0.519. The Kier molecular flexibility index (Phi) is 8.00. The van der Waals surface area contributed by atoms with Crippen LogP contribution in [-0.4, -0.2) is 63.7 Å². The molecule has 0 spiro atoms. The number of carbonyl (C=O) groups is 1. The minimum absolute atomic E-state index is 0.0301. The van der Waals surface area contributed by atoms with Crippen molar-refractivity contribution < 1.29 is 9.53 Å². The van der Waals surface area contributed by atoms with E-state index in [-0.39, 0.29) is 12.5 Å². The molecule has 144 valence electrons. The smallest absolute Gasteiger partial charge is 0.243 e. The predicted octanol–water partition coefficient (Wildman–Crippen LogP) is 2.15. The van der Waals surface area contributed by atoms with E-state index in [0.717, 1.165) is 25.5 Å². The van der Waals surface area contributed by atoms with Crippen molar-refractivity contribution in [3.63, 3.8) is 0 Å². The lowest BCUT2D eigenvalue weighted by Crippen LogP contribution is -2.47. The molecule has 2 fully saturated rings. The summed E-state index contributed by atoms with van der Waals surface area (Å²) in [6.45, 7) is 1.91. The van der Waals surface area contributed by atoms with Gasteiger partial charge in [0.1, 0.15) is 6.54 Å². The van der Waals surface area contributed by atoms with Gasteiger partial charge in [0.05, 0.1) is 0 Å². The molecule has 0 aromatic heterocycles. The molecule has 0 radical (unpaired) electrons. The molecule has 0 heterocycles. The van der Waals surface area contributed by atoms with Gasteiger partial charge in [-0.3, -0.25) is 4.79 Å². The zero-order chi connectivity index (χ0) is 18.1. The Hall–Kier alpha value is -1.30. The molecular weight excluding hydrogens is 316 g/mol. The van der Waals surface area contributed by atoms with Crippen LogP contribution in [0.25, 0.3) is 0 Å². The molecule has 25 heavy (non-hydrogen) atoms. The summed E-state index contributed by atoms with van der Waals surface area (Å²) in [7, 11) is 5.32. The molecular formula is C19H36N4O2. The minimum atomic E-state index is 0.0301. The van der Waals surface area contributed by atoms with Crippen molar-refractivity contribution in [3.05, 3.63) is 0 Å². The van der Waals surface area contributed by atoms with E-state index in [1.54, 1.807) is 26.1 Å². The van der Waals surface area contributed by atoms with Crippen molar-refractivity contribution >= 4 is 11.9 Å². The molecule has 2 rings (SSSR count). The molecule has 0 atom stereocenters. The third-order valence-electron chi connectivity index (χ3n) is 5.70. The first kappa shape index (κ1) is 20.0. The molecule has 1 amide bonds. The number of likely N-dealkylation sites (N-methyl/N-ethyl adjacent to an activating group) is 1. The number of aliphatic imine (C=N–C) groups is 1. The Morgan fingerprint density at radius 1 is 1.20 bits per heavy atom. The summed E-state index contributed by atoms with van der Waals surface area (Å²) in [5, 5.41) is 7.09. The first-order valence-corrected chi connectivity index (χ1v) is 9.79. The Balaban J connectivity index is 1.95. The number of methoxy groups -OCH3 is 1. The van der Waals surface area contributed by atoms with Crippen molar-refractivity contribution in [2.45, 2.75) is 63.8 Å². The number of hydrogen-bond donors (Lipinski definition) is 2. The number of amides is 1. The Morgan fingerprint density at radius 3 is 2.48 bits per heavy atom. The summed E-state index contributed by atoms with van der Waals surface area (Å²) in [6.07, 6.45) is 11.1. The van der Waals surface area contributed by atoms with Crippen LogP contribution in [0.1, 0.15) is 57.8 Å². The van der Waals surface area contributed by atoms with Crippen LogP contribution in [0.5, 0.6) is 0 Å². The summed E-state index contributed by atoms with van der Waals surface area (Å²) in [4.78, 5) is 18.0. The lowest BCUT2D eigenvalue weighted by Gasteiger charge is -2.30. The van der Waals surface area contributed by atoms with Gasteiger partial charge in [0.2, 0.25) is 5.91 Å². The highest BCUT2D eigenvalue weighted by atomic mass is 16.5. The second kappa shape index (κ2) is 10.00. The summed E-state index contributed by atoms with van der Waals surface area (Å²) >= 11 is 0. The van der Waals surface area contributed by atoms with Gasteiger partial charge in [-0.25, -0.2) is 4.99 Å². The molecule has 6 heteroatoms. The van der Waals surface area contributed by atoms with Gasteiger partial charge in [-0.2, -0.15) is 0 Å². The molecule has 2 aliphatic rings. The zero-order valence-electron chi connectivity index (χ0n) is 16.3. The predicted molar refractivity (Wildman–Crippen MR) is 102 cm³/mol. The highest BCUT2D eigenvalue weighted by Gasteiger charge is 2.33. The van der Waals surface area contributed by atoms with Crippen LogP contribution < -0.4 is 10.6 Å². The van der Waals surface area contributed by atoms with Crippen molar-refractivity contribution in [1.82, 2.24) is 15.5 Å². The standard InChI is InChI=1S/C19H36N4O2/c1-23(2)17(24)14-20-18(22-16-8-4-5-9-16)21-15-19(12-13-25-3)10-6-7-11-19/h16H,4-15H2,1-3H3,(H2,20,21,22). The molecule has 0 unspecified atom stereocenters. The Bertz CT molecular complexity index is 439. The SMILES string of the molecule is COCCC1(CNC(=NCC(=O)N(C)C)NC2CCCC2)CCCC1. The second-order valence-corrected chi connectivity index (χ2v) is 7.88. The van der Waals surface area contributed by atoms with Crippen LogP contribution in [0.2, 0.25) is 0 Å². The van der Waals surface area contributed by atoms with Gasteiger partial charge in [-0.05, 0) is 37.5 Å². The van der Waals surface area contributed by atoms with Gasteiger partial charge < -0.3 is 20.3 Å². The first-order chi connectivity index (χ1) is 12.0. The summed E-state index contributed by atoms with van der Waals surface area (Å²) < 4.78 is 5.32. The topological polar surface area (TPSA) is 66.0 Å². The molecule has 0 aliphatic heterocycles. The molecule has 6 nitrogen and oxygen atoms in total. The molecule has 0 saturated heterocycles. The van der Waals surface area contributed by atoms with Gasteiger partial charge in [-0.15, -0.1) is 0 Å². The van der Waals surface area contributed by atoms with Crippen LogP contribution in [-0.2, 0) is 9.53 Å². The zero-order valence-corrected chi connectivity index (χ0v) is 16.3. The normalized spacial score (nSPS) is 20.7. The summed E-state index contributed by atoms with van der Waals surface area (Å²) in [5.74, 6) is 0.827. The fourth-order valence-electron chi connectivity index (χ4n) is 3.93. The fraction of sp³-hybridized carbons (Fsp3) is 0.895. The van der Waals surface area contributed by atoms with Crippen LogP contribution in [0.4, 0.5) is 0 Å². The van der Waals surface area contributed by atoms with Crippen molar-refractivity contribution in [1.29, 1.82) is 0 Å². The van der Waals surface area contributed by atoms with Crippen LogP contribution in [0.15, 0.2) is 4.99 Å². The van der Waals surface area contributed by atoms with E-state index in [9.17, 15) is 4.79 Å². The average molecular weight is 353 g/mol. The maximum Gasteiger partial charge on any atom is 0.243 e. The van der Waals surface area contributed by atoms with E-state index < -0.39 is 0 Å². The summed E-state index contributed by atoms with van der Waals surface area (Å²) in [6, 6.07) is 0.485. The largest absolute Gasteiger partial charge is 0.385 e. The van der Waals surface area contributed by atoms with Crippen molar-refractivity contribution in [3.8, 4) is 0 Å². The van der Waals surface area contributed by atoms with Crippen LogP contribution >= 0.6 is 0 Å². The van der Waals surface area contributed by atoms with Crippen LogP contribution in [0, 0.1) is 5.41 Å². The Labute approximate surface area is 152 Å². The molecule has 0 aromatic carbocycles. The number of carbonyl (C=O) groups excluding carboxylic acids is 1. The third kappa shape index (κ3) is 6.49. The third-order valence-corrected chi connectivity index (χ3v) is 5.70. The highest BCUT2D eigenvalue weighted by Crippen LogP contribution is 2.40. The minimum Gasteiger partial charge on any atom is -0.385 e. The number of guanidine groups is 1. The van der Waals surface area contributed by atoms with Gasteiger partial charge in [0.15, 0.2) is 5.96 Å². The molecule has 0 aromatic rings. The molecule has 2 aliphatic carbocycles. The van der Waals surface area contributed by atoms with E-state index in [0.29, 0.717) is 11.5 Å². The number of nitrogens with zero attached hydrogens (tertiary/aromatic N) is 2.